The van der Waals surface area contributed by atoms with E-state index in [4.69, 9.17) is 9.47 Å². The predicted molar refractivity (Wildman–Crippen MR) is 126 cm³/mol. The highest BCUT2D eigenvalue weighted by Gasteiger charge is 2.33. The number of nitrogens with zero attached hydrogens (tertiary/aromatic N) is 3. The summed E-state index contributed by atoms with van der Waals surface area (Å²) in [4.78, 5) is 9.76. The Bertz CT molecular complexity index is 686. The number of rotatable bonds is 6. The molecule has 4 unspecified atom stereocenters. The Labute approximate surface area is 188 Å². The number of ether oxygens (including phenoxy) is 2. The molecule has 3 aliphatic rings. The number of benzene rings is 1. The summed E-state index contributed by atoms with van der Waals surface area (Å²) in [6, 6.07) is 11.5. The smallest absolute Gasteiger partial charge is 0.193 e. The number of aliphatic imine (C=N–C) groups is 1. The van der Waals surface area contributed by atoms with Gasteiger partial charge in [0.25, 0.3) is 0 Å². The SMILES string of the molecule is CCC1CN(C(=NC)NCC(C2CCOC2)N2CCOCC2)CCC1c1ccccc1. The molecule has 0 amide bonds. The van der Waals surface area contributed by atoms with Crippen LogP contribution >= 0.6 is 0 Å². The Morgan fingerprint density at radius 2 is 1.90 bits per heavy atom. The Kier molecular flexibility index (Phi) is 8.22. The maximum atomic E-state index is 5.73. The highest BCUT2D eigenvalue weighted by Crippen LogP contribution is 2.34. The van der Waals surface area contributed by atoms with Crippen LogP contribution in [-0.4, -0.2) is 88.0 Å². The Morgan fingerprint density at radius 1 is 1.10 bits per heavy atom. The van der Waals surface area contributed by atoms with Gasteiger partial charge < -0.3 is 19.7 Å². The number of morpholine rings is 1. The van der Waals surface area contributed by atoms with E-state index >= 15 is 0 Å². The van der Waals surface area contributed by atoms with Gasteiger partial charge in [0.1, 0.15) is 0 Å². The van der Waals surface area contributed by atoms with Crippen LogP contribution in [0.2, 0.25) is 0 Å². The van der Waals surface area contributed by atoms with Gasteiger partial charge in [-0.3, -0.25) is 9.89 Å². The summed E-state index contributed by atoms with van der Waals surface area (Å²) in [5, 5.41) is 3.75. The molecule has 3 aliphatic heterocycles. The van der Waals surface area contributed by atoms with Crippen LogP contribution in [0.3, 0.4) is 0 Å². The van der Waals surface area contributed by atoms with E-state index in [9.17, 15) is 0 Å². The van der Waals surface area contributed by atoms with Crippen LogP contribution in [0, 0.1) is 11.8 Å². The summed E-state index contributed by atoms with van der Waals surface area (Å²) in [7, 11) is 1.93. The van der Waals surface area contributed by atoms with Gasteiger partial charge in [-0.25, -0.2) is 0 Å². The summed E-state index contributed by atoms with van der Waals surface area (Å²) in [6.07, 6.45) is 3.54. The molecule has 0 aliphatic carbocycles. The lowest BCUT2D eigenvalue weighted by Crippen LogP contribution is -2.55. The van der Waals surface area contributed by atoms with Gasteiger partial charge in [-0.1, -0.05) is 43.7 Å². The first-order chi connectivity index (χ1) is 15.3. The molecule has 1 aromatic carbocycles. The minimum absolute atomic E-state index is 0.479. The Morgan fingerprint density at radius 3 is 2.58 bits per heavy atom. The van der Waals surface area contributed by atoms with Gasteiger partial charge in [0, 0.05) is 58.3 Å². The fourth-order valence-electron chi connectivity index (χ4n) is 5.66. The minimum Gasteiger partial charge on any atom is -0.381 e. The van der Waals surface area contributed by atoms with E-state index in [1.807, 2.05) is 7.05 Å². The first-order valence-corrected chi connectivity index (χ1v) is 12.2. The molecule has 3 fully saturated rings. The van der Waals surface area contributed by atoms with Crippen LogP contribution in [0.5, 0.6) is 0 Å². The van der Waals surface area contributed by atoms with E-state index in [2.05, 4.69) is 57.4 Å². The number of hydrogen-bond donors (Lipinski definition) is 1. The fraction of sp³-hybridized carbons (Fsp3) is 0.720. The minimum atomic E-state index is 0.479. The topological polar surface area (TPSA) is 49.3 Å². The highest BCUT2D eigenvalue weighted by molar-refractivity contribution is 5.80. The van der Waals surface area contributed by atoms with Gasteiger partial charge in [-0.2, -0.15) is 0 Å². The molecular weight excluding hydrogens is 388 g/mol. The number of nitrogens with one attached hydrogen (secondary N) is 1. The monoisotopic (exact) mass is 428 g/mol. The third-order valence-corrected chi connectivity index (χ3v) is 7.49. The lowest BCUT2D eigenvalue weighted by Gasteiger charge is -2.41. The lowest BCUT2D eigenvalue weighted by molar-refractivity contribution is 0.00229. The maximum absolute atomic E-state index is 5.73. The average Bonchev–Trinajstić information content (AvgIpc) is 3.37. The van der Waals surface area contributed by atoms with Crippen LogP contribution in [0.4, 0.5) is 0 Å². The zero-order chi connectivity index (χ0) is 21.5. The van der Waals surface area contributed by atoms with Gasteiger partial charge in [-0.05, 0) is 30.2 Å². The molecule has 0 aromatic heterocycles. The largest absolute Gasteiger partial charge is 0.381 e. The van der Waals surface area contributed by atoms with Gasteiger partial charge in [-0.15, -0.1) is 0 Å². The molecule has 0 saturated carbocycles. The van der Waals surface area contributed by atoms with E-state index < -0.39 is 0 Å². The first-order valence-electron chi connectivity index (χ1n) is 12.2. The van der Waals surface area contributed by atoms with Crippen molar-refractivity contribution >= 4 is 5.96 Å². The second-order valence-electron chi connectivity index (χ2n) is 9.19. The van der Waals surface area contributed by atoms with Crippen molar-refractivity contribution in [1.29, 1.82) is 0 Å². The van der Waals surface area contributed by atoms with Crippen molar-refractivity contribution in [3.8, 4) is 0 Å². The highest BCUT2D eigenvalue weighted by atomic mass is 16.5. The summed E-state index contributed by atoms with van der Waals surface area (Å²) < 4.78 is 11.3. The third kappa shape index (κ3) is 5.60. The van der Waals surface area contributed by atoms with Crippen LogP contribution in [0.15, 0.2) is 35.3 Å². The molecule has 0 spiro atoms. The Balaban J connectivity index is 1.38. The predicted octanol–water partition coefficient (Wildman–Crippen LogP) is 2.81. The molecular formula is C25H40N4O2. The zero-order valence-corrected chi connectivity index (χ0v) is 19.3. The van der Waals surface area contributed by atoms with E-state index in [1.165, 1.54) is 18.4 Å². The molecule has 1 N–H and O–H groups in total. The number of hydrogen-bond acceptors (Lipinski definition) is 4. The first kappa shape index (κ1) is 22.6. The van der Waals surface area contributed by atoms with Crippen molar-refractivity contribution in [3.05, 3.63) is 35.9 Å². The van der Waals surface area contributed by atoms with Crippen molar-refractivity contribution in [2.45, 2.75) is 38.1 Å². The van der Waals surface area contributed by atoms with Crippen molar-refractivity contribution in [2.75, 3.05) is 66.2 Å². The summed E-state index contributed by atoms with van der Waals surface area (Å²) in [5.41, 5.74) is 1.49. The fourth-order valence-corrected chi connectivity index (χ4v) is 5.66. The third-order valence-electron chi connectivity index (χ3n) is 7.49. The quantitative estimate of drug-likeness (QED) is 0.558. The molecule has 0 radical (unpaired) electrons. The second kappa shape index (κ2) is 11.3. The van der Waals surface area contributed by atoms with Gasteiger partial charge in [0.05, 0.1) is 19.8 Å². The summed E-state index contributed by atoms with van der Waals surface area (Å²) in [5.74, 6) is 2.96. The second-order valence-corrected chi connectivity index (χ2v) is 9.19. The van der Waals surface area contributed by atoms with Crippen molar-refractivity contribution in [2.24, 2.45) is 16.8 Å². The van der Waals surface area contributed by atoms with E-state index in [-0.39, 0.29) is 0 Å². The molecule has 1 aromatic rings. The van der Waals surface area contributed by atoms with E-state index in [0.29, 0.717) is 23.8 Å². The van der Waals surface area contributed by atoms with E-state index in [1.54, 1.807) is 0 Å². The number of piperidine rings is 1. The summed E-state index contributed by atoms with van der Waals surface area (Å²) in [6.45, 7) is 10.9. The normalized spacial score (nSPS) is 29.2. The molecule has 6 nitrogen and oxygen atoms in total. The molecule has 4 atom stereocenters. The van der Waals surface area contributed by atoms with Crippen molar-refractivity contribution in [1.82, 2.24) is 15.1 Å². The molecule has 172 valence electrons. The molecule has 31 heavy (non-hydrogen) atoms. The molecule has 3 heterocycles. The number of likely N-dealkylation sites (tertiary alicyclic amines) is 1. The number of guanidine groups is 1. The maximum Gasteiger partial charge on any atom is 0.193 e. The van der Waals surface area contributed by atoms with E-state index in [0.717, 1.165) is 71.5 Å². The zero-order valence-electron chi connectivity index (χ0n) is 19.3. The standard InChI is InChI=1S/C25H40N4O2/c1-3-20-18-29(11-9-23(20)21-7-5-4-6-8-21)25(26-2)27-17-24(22-10-14-31-19-22)28-12-15-30-16-13-28/h4-8,20,22-24H,3,9-19H2,1-2H3,(H,26,27). The van der Waals surface area contributed by atoms with Crippen LogP contribution in [-0.2, 0) is 9.47 Å². The molecule has 6 heteroatoms. The van der Waals surface area contributed by atoms with Crippen LogP contribution in [0.1, 0.15) is 37.7 Å². The van der Waals surface area contributed by atoms with Crippen LogP contribution < -0.4 is 5.32 Å². The van der Waals surface area contributed by atoms with Gasteiger partial charge in [0.2, 0.25) is 0 Å². The van der Waals surface area contributed by atoms with Crippen molar-refractivity contribution in [3.63, 3.8) is 0 Å². The average molecular weight is 429 g/mol. The molecule has 0 bridgehead atoms. The van der Waals surface area contributed by atoms with Crippen molar-refractivity contribution < 1.29 is 9.47 Å². The summed E-state index contributed by atoms with van der Waals surface area (Å²) >= 11 is 0. The van der Waals surface area contributed by atoms with Crippen LogP contribution in [0.25, 0.3) is 0 Å². The van der Waals surface area contributed by atoms with Gasteiger partial charge >= 0.3 is 0 Å². The Hall–Kier alpha value is -1.63. The molecule has 4 rings (SSSR count). The lowest BCUT2D eigenvalue weighted by atomic mass is 9.79. The van der Waals surface area contributed by atoms with Gasteiger partial charge in [0.15, 0.2) is 5.96 Å². The molecule has 3 saturated heterocycles.